The third-order valence-corrected chi connectivity index (χ3v) is 5.61. The molecule has 0 aliphatic heterocycles. The van der Waals surface area contributed by atoms with E-state index in [0.29, 0.717) is 17.1 Å². The number of thiophene rings is 1. The van der Waals surface area contributed by atoms with Crippen molar-refractivity contribution in [3.8, 4) is 22.8 Å². The van der Waals surface area contributed by atoms with Crippen LogP contribution in [-0.2, 0) is 12.3 Å². The normalized spacial score (nSPS) is 11.2. The van der Waals surface area contributed by atoms with Gasteiger partial charge in [-0.15, -0.1) is 10.2 Å². The summed E-state index contributed by atoms with van der Waals surface area (Å²) in [6.45, 7) is 4.70. The summed E-state index contributed by atoms with van der Waals surface area (Å²) in [6.07, 6.45) is 0. The minimum absolute atomic E-state index is 0.183. The lowest BCUT2D eigenvalue weighted by Crippen LogP contribution is -1.99. The standard InChI is InChI=1S/C18H16FN5OS2/c1-3-24-16(12-6-7-26-9-12)21-22-18(24)27-10-15-20-17(25-23-15)13-8-11(2)4-5-14(13)19/h4-9H,3,10H2,1-2H3. The van der Waals surface area contributed by atoms with Crippen molar-refractivity contribution in [3.05, 3.63) is 52.2 Å². The van der Waals surface area contributed by atoms with Gasteiger partial charge in [-0.25, -0.2) is 4.39 Å². The van der Waals surface area contributed by atoms with Crippen LogP contribution in [0.4, 0.5) is 4.39 Å². The molecule has 0 amide bonds. The molecule has 0 aliphatic rings. The monoisotopic (exact) mass is 401 g/mol. The summed E-state index contributed by atoms with van der Waals surface area (Å²) >= 11 is 3.10. The van der Waals surface area contributed by atoms with Crippen molar-refractivity contribution in [3.63, 3.8) is 0 Å². The molecule has 27 heavy (non-hydrogen) atoms. The molecule has 4 aromatic rings. The minimum Gasteiger partial charge on any atom is -0.334 e. The second-order valence-electron chi connectivity index (χ2n) is 5.85. The smallest absolute Gasteiger partial charge is 0.260 e. The summed E-state index contributed by atoms with van der Waals surface area (Å²) in [5.41, 5.74) is 2.30. The first kappa shape index (κ1) is 17.9. The molecular weight excluding hydrogens is 385 g/mol. The Labute approximate surface area is 163 Å². The van der Waals surface area contributed by atoms with Gasteiger partial charge in [-0.1, -0.05) is 28.5 Å². The number of halogens is 1. The van der Waals surface area contributed by atoms with Gasteiger partial charge in [0.25, 0.3) is 5.89 Å². The molecule has 0 saturated carbocycles. The summed E-state index contributed by atoms with van der Waals surface area (Å²) in [4.78, 5) is 4.32. The van der Waals surface area contributed by atoms with Gasteiger partial charge in [0.15, 0.2) is 16.8 Å². The molecule has 4 rings (SSSR count). The molecule has 0 spiro atoms. The van der Waals surface area contributed by atoms with Crippen molar-refractivity contribution in [2.75, 3.05) is 0 Å². The van der Waals surface area contributed by atoms with Crippen LogP contribution in [0.2, 0.25) is 0 Å². The Morgan fingerprint density at radius 2 is 2.15 bits per heavy atom. The molecule has 0 saturated heterocycles. The van der Waals surface area contributed by atoms with E-state index in [2.05, 4.69) is 27.3 Å². The van der Waals surface area contributed by atoms with E-state index in [1.807, 2.05) is 28.3 Å². The number of aromatic nitrogens is 5. The Morgan fingerprint density at radius 3 is 2.93 bits per heavy atom. The molecule has 0 radical (unpaired) electrons. The predicted molar refractivity (Wildman–Crippen MR) is 103 cm³/mol. The Bertz CT molecular complexity index is 1060. The quantitative estimate of drug-likeness (QED) is 0.432. The van der Waals surface area contributed by atoms with Crippen LogP contribution in [0, 0.1) is 12.7 Å². The molecular formula is C18H16FN5OS2. The van der Waals surface area contributed by atoms with Crippen molar-refractivity contribution in [2.45, 2.75) is 31.3 Å². The van der Waals surface area contributed by atoms with Gasteiger partial charge < -0.3 is 9.09 Å². The number of hydrogen-bond donors (Lipinski definition) is 0. The fraction of sp³-hybridized carbons (Fsp3) is 0.222. The number of thioether (sulfide) groups is 1. The molecule has 0 N–H and O–H groups in total. The maximum atomic E-state index is 14.0. The number of aryl methyl sites for hydroxylation is 1. The highest BCUT2D eigenvalue weighted by molar-refractivity contribution is 7.98. The Balaban J connectivity index is 1.52. The van der Waals surface area contributed by atoms with Gasteiger partial charge in [-0.2, -0.15) is 16.3 Å². The van der Waals surface area contributed by atoms with Crippen LogP contribution in [0.25, 0.3) is 22.8 Å². The maximum absolute atomic E-state index is 14.0. The number of nitrogens with zero attached hydrogens (tertiary/aromatic N) is 5. The molecule has 6 nitrogen and oxygen atoms in total. The molecule has 0 bridgehead atoms. The van der Waals surface area contributed by atoms with E-state index in [-0.39, 0.29) is 11.7 Å². The van der Waals surface area contributed by atoms with Crippen LogP contribution in [0.3, 0.4) is 0 Å². The third-order valence-electron chi connectivity index (χ3n) is 3.96. The topological polar surface area (TPSA) is 69.6 Å². The zero-order chi connectivity index (χ0) is 18.8. The first-order valence-electron chi connectivity index (χ1n) is 8.33. The second-order valence-corrected chi connectivity index (χ2v) is 7.57. The van der Waals surface area contributed by atoms with E-state index in [0.717, 1.165) is 28.7 Å². The van der Waals surface area contributed by atoms with Gasteiger partial charge in [0.2, 0.25) is 0 Å². The van der Waals surface area contributed by atoms with E-state index in [4.69, 9.17) is 4.52 Å². The van der Waals surface area contributed by atoms with Gasteiger partial charge in [-0.3, -0.25) is 0 Å². The van der Waals surface area contributed by atoms with E-state index >= 15 is 0 Å². The zero-order valence-electron chi connectivity index (χ0n) is 14.7. The van der Waals surface area contributed by atoms with Crippen molar-refractivity contribution in [1.29, 1.82) is 0 Å². The van der Waals surface area contributed by atoms with Crippen LogP contribution in [0.15, 0.2) is 44.7 Å². The largest absolute Gasteiger partial charge is 0.334 e. The van der Waals surface area contributed by atoms with Crippen molar-refractivity contribution in [1.82, 2.24) is 24.9 Å². The van der Waals surface area contributed by atoms with Gasteiger partial charge >= 0.3 is 0 Å². The van der Waals surface area contributed by atoms with Crippen molar-refractivity contribution in [2.24, 2.45) is 0 Å². The lowest BCUT2D eigenvalue weighted by atomic mass is 10.1. The molecule has 138 valence electrons. The summed E-state index contributed by atoms with van der Waals surface area (Å²) in [7, 11) is 0. The fourth-order valence-electron chi connectivity index (χ4n) is 2.64. The van der Waals surface area contributed by atoms with Crippen molar-refractivity contribution < 1.29 is 8.91 Å². The molecule has 0 atom stereocenters. The number of hydrogen-bond acceptors (Lipinski definition) is 7. The summed E-state index contributed by atoms with van der Waals surface area (Å²) in [6, 6.07) is 6.82. The third kappa shape index (κ3) is 3.65. The lowest BCUT2D eigenvalue weighted by Gasteiger charge is -2.04. The summed E-state index contributed by atoms with van der Waals surface area (Å²) < 4.78 is 21.3. The second kappa shape index (κ2) is 7.61. The van der Waals surface area contributed by atoms with Crippen molar-refractivity contribution >= 4 is 23.1 Å². The number of benzene rings is 1. The summed E-state index contributed by atoms with van der Waals surface area (Å²) in [5, 5.41) is 17.4. The minimum atomic E-state index is -0.380. The molecule has 3 heterocycles. The SMILES string of the molecule is CCn1c(SCc2noc(-c3cc(C)ccc3F)n2)nnc1-c1ccsc1. The highest BCUT2D eigenvalue weighted by Gasteiger charge is 2.17. The Morgan fingerprint density at radius 1 is 1.26 bits per heavy atom. The Kier molecular flexibility index (Phi) is 5.04. The van der Waals surface area contributed by atoms with Gasteiger partial charge in [0, 0.05) is 17.5 Å². The van der Waals surface area contributed by atoms with Crippen LogP contribution < -0.4 is 0 Å². The lowest BCUT2D eigenvalue weighted by molar-refractivity contribution is 0.422. The number of rotatable bonds is 6. The first-order valence-corrected chi connectivity index (χ1v) is 10.3. The molecule has 1 aromatic carbocycles. The van der Waals surface area contributed by atoms with Gasteiger partial charge in [0.05, 0.1) is 11.3 Å². The van der Waals surface area contributed by atoms with Crippen LogP contribution >= 0.6 is 23.1 Å². The van der Waals surface area contributed by atoms with Gasteiger partial charge in [0.1, 0.15) is 5.82 Å². The van der Waals surface area contributed by atoms with Crippen LogP contribution in [-0.4, -0.2) is 24.9 Å². The molecule has 9 heteroatoms. The van der Waals surface area contributed by atoms with Crippen LogP contribution in [0.1, 0.15) is 18.3 Å². The Hall–Kier alpha value is -2.52. The molecule has 0 fully saturated rings. The highest BCUT2D eigenvalue weighted by Crippen LogP contribution is 2.28. The van der Waals surface area contributed by atoms with E-state index in [1.165, 1.54) is 17.8 Å². The fourth-order valence-corrected chi connectivity index (χ4v) is 4.12. The molecule has 0 aliphatic carbocycles. The maximum Gasteiger partial charge on any atom is 0.260 e. The average molecular weight is 401 g/mol. The molecule has 0 unspecified atom stereocenters. The van der Waals surface area contributed by atoms with E-state index in [9.17, 15) is 4.39 Å². The molecule has 3 aromatic heterocycles. The highest BCUT2D eigenvalue weighted by atomic mass is 32.2. The zero-order valence-corrected chi connectivity index (χ0v) is 16.4. The van der Waals surface area contributed by atoms with E-state index < -0.39 is 0 Å². The van der Waals surface area contributed by atoms with Gasteiger partial charge in [-0.05, 0) is 37.4 Å². The van der Waals surface area contributed by atoms with Crippen LogP contribution in [0.5, 0.6) is 0 Å². The van der Waals surface area contributed by atoms with E-state index in [1.54, 1.807) is 23.5 Å². The first-order chi connectivity index (χ1) is 13.2. The predicted octanol–water partition coefficient (Wildman–Crippen LogP) is 4.82. The average Bonchev–Trinajstić information content (AvgIpc) is 3.41. The summed E-state index contributed by atoms with van der Waals surface area (Å²) in [5.74, 6) is 1.59.